The molecule has 0 saturated carbocycles. The summed E-state index contributed by atoms with van der Waals surface area (Å²) in [4.78, 5) is 11.5. The third kappa shape index (κ3) is 6.03. The number of carboxylic acids is 1. The number of aliphatic hydroxyl groups is 1. The van der Waals surface area contributed by atoms with Crippen molar-refractivity contribution in [2.45, 2.75) is 45.3 Å². The van der Waals surface area contributed by atoms with Gasteiger partial charge in [0.1, 0.15) is 0 Å². The van der Waals surface area contributed by atoms with Crippen molar-refractivity contribution in [1.82, 2.24) is 5.32 Å². The summed E-state index contributed by atoms with van der Waals surface area (Å²) >= 11 is 0. The van der Waals surface area contributed by atoms with Crippen molar-refractivity contribution in [3.63, 3.8) is 0 Å². The number of benzene rings is 3. The Bertz CT molecular complexity index is 997. The molecule has 162 valence electrons. The van der Waals surface area contributed by atoms with Gasteiger partial charge in [0.2, 0.25) is 0 Å². The zero-order valence-corrected chi connectivity index (χ0v) is 18.4. The van der Waals surface area contributed by atoms with E-state index in [4.69, 9.17) is 0 Å². The Balaban J connectivity index is 1.62. The fraction of sp³-hybridized carbons (Fsp3) is 0.296. The van der Waals surface area contributed by atoms with Crippen LogP contribution in [-0.2, 0) is 6.42 Å². The minimum atomic E-state index is -0.885. The summed E-state index contributed by atoms with van der Waals surface area (Å²) in [5.74, 6) is -0.743. The first kappa shape index (κ1) is 22.7. The second-order valence-corrected chi connectivity index (χ2v) is 8.40. The minimum absolute atomic E-state index is 0.142. The van der Waals surface area contributed by atoms with Crippen LogP contribution in [0.2, 0.25) is 0 Å². The van der Waals surface area contributed by atoms with Gasteiger partial charge in [-0.1, -0.05) is 80.6 Å². The van der Waals surface area contributed by atoms with Gasteiger partial charge in [-0.3, -0.25) is 0 Å². The van der Waals surface area contributed by atoms with E-state index in [1.165, 1.54) is 5.56 Å². The first-order chi connectivity index (χ1) is 14.8. The van der Waals surface area contributed by atoms with Gasteiger partial charge in [0.05, 0.1) is 11.7 Å². The highest BCUT2D eigenvalue weighted by molar-refractivity contribution is 5.90. The van der Waals surface area contributed by atoms with Crippen molar-refractivity contribution in [2.75, 3.05) is 6.54 Å². The summed E-state index contributed by atoms with van der Waals surface area (Å²) in [6.07, 6.45) is 0.340. The first-order valence-electron chi connectivity index (χ1n) is 10.8. The van der Waals surface area contributed by atoms with E-state index in [0.29, 0.717) is 12.1 Å². The number of rotatable bonds is 9. The number of aromatic carboxylic acids is 1. The summed E-state index contributed by atoms with van der Waals surface area (Å²) in [7, 11) is 0. The predicted molar refractivity (Wildman–Crippen MR) is 125 cm³/mol. The molecule has 0 aliphatic heterocycles. The summed E-state index contributed by atoms with van der Waals surface area (Å²) in [5.41, 5.74) is 5.45. The molecule has 3 rings (SSSR count). The molecule has 0 unspecified atom stereocenters. The zero-order valence-electron chi connectivity index (χ0n) is 18.4. The smallest absolute Gasteiger partial charge is 0.335 e. The fourth-order valence-electron chi connectivity index (χ4n) is 3.78. The van der Waals surface area contributed by atoms with Gasteiger partial charge in [-0.2, -0.15) is 0 Å². The highest BCUT2D eigenvalue weighted by Gasteiger charge is 2.14. The summed E-state index contributed by atoms with van der Waals surface area (Å²) in [6.45, 7) is 6.65. The van der Waals surface area contributed by atoms with E-state index in [-0.39, 0.29) is 12.0 Å². The van der Waals surface area contributed by atoms with Gasteiger partial charge in [0, 0.05) is 12.6 Å². The number of carboxylic acid groups (broad SMARTS) is 1. The van der Waals surface area contributed by atoms with E-state index in [9.17, 15) is 15.0 Å². The standard InChI is InChI=1S/C27H31NO3/c1-18(2)25-16-23(13-14-24(25)27(30)31)21-11-9-20(10-12-21)15-19(3)28-17-26(29)22-7-5-4-6-8-22/h4-14,16,18-19,26,28-29H,15,17H2,1-3H3,(H,30,31)/t19-,26+/m1/s1. The van der Waals surface area contributed by atoms with Gasteiger partial charge in [0.25, 0.3) is 0 Å². The van der Waals surface area contributed by atoms with Gasteiger partial charge in [0.15, 0.2) is 0 Å². The molecular weight excluding hydrogens is 386 g/mol. The minimum Gasteiger partial charge on any atom is -0.478 e. The monoisotopic (exact) mass is 417 g/mol. The van der Waals surface area contributed by atoms with E-state index < -0.39 is 12.1 Å². The van der Waals surface area contributed by atoms with Gasteiger partial charge in [-0.25, -0.2) is 4.79 Å². The Morgan fingerprint density at radius 2 is 1.55 bits per heavy atom. The van der Waals surface area contributed by atoms with Crippen LogP contribution in [0.5, 0.6) is 0 Å². The van der Waals surface area contributed by atoms with E-state index in [0.717, 1.165) is 28.7 Å². The molecule has 31 heavy (non-hydrogen) atoms. The average Bonchev–Trinajstić information content (AvgIpc) is 2.78. The summed E-state index contributed by atoms with van der Waals surface area (Å²) in [5, 5.41) is 23.1. The molecule has 0 spiro atoms. The molecule has 0 fully saturated rings. The van der Waals surface area contributed by atoms with E-state index in [1.807, 2.05) is 56.3 Å². The third-order valence-electron chi connectivity index (χ3n) is 5.58. The molecular formula is C27H31NO3. The van der Waals surface area contributed by atoms with Gasteiger partial charge >= 0.3 is 5.97 Å². The normalized spacial score (nSPS) is 13.2. The number of nitrogens with one attached hydrogen (secondary N) is 1. The van der Waals surface area contributed by atoms with Crippen LogP contribution < -0.4 is 5.32 Å². The predicted octanol–water partition coefficient (Wildman–Crippen LogP) is 5.43. The quantitative estimate of drug-likeness (QED) is 0.434. The van der Waals surface area contributed by atoms with Crippen LogP contribution in [0, 0.1) is 0 Å². The maximum absolute atomic E-state index is 11.5. The largest absolute Gasteiger partial charge is 0.478 e. The lowest BCUT2D eigenvalue weighted by molar-refractivity contribution is 0.0695. The van der Waals surface area contributed by atoms with Crippen molar-refractivity contribution in [2.24, 2.45) is 0 Å². The molecule has 0 aromatic heterocycles. The molecule has 0 saturated heterocycles. The molecule has 4 nitrogen and oxygen atoms in total. The van der Waals surface area contributed by atoms with Crippen molar-refractivity contribution >= 4 is 5.97 Å². The van der Waals surface area contributed by atoms with Crippen molar-refractivity contribution < 1.29 is 15.0 Å². The molecule has 0 aliphatic rings. The van der Waals surface area contributed by atoms with Crippen LogP contribution in [0.25, 0.3) is 11.1 Å². The highest BCUT2D eigenvalue weighted by atomic mass is 16.4. The van der Waals surface area contributed by atoms with Crippen LogP contribution in [0.4, 0.5) is 0 Å². The molecule has 3 N–H and O–H groups in total. The molecule has 4 heteroatoms. The lowest BCUT2D eigenvalue weighted by Crippen LogP contribution is -2.32. The van der Waals surface area contributed by atoms with E-state index >= 15 is 0 Å². The molecule has 3 aromatic rings. The van der Waals surface area contributed by atoms with Crippen molar-refractivity contribution in [3.8, 4) is 11.1 Å². The molecule has 2 atom stereocenters. The van der Waals surface area contributed by atoms with Crippen LogP contribution in [0.15, 0.2) is 72.8 Å². The molecule has 0 aliphatic carbocycles. The molecule has 0 amide bonds. The number of aliphatic hydroxyl groups excluding tert-OH is 1. The highest BCUT2D eigenvalue weighted by Crippen LogP contribution is 2.27. The van der Waals surface area contributed by atoms with Crippen molar-refractivity contribution in [1.29, 1.82) is 0 Å². The van der Waals surface area contributed by atoms with Gasteiger partial charge < -0.3 is 15.5 Å². The Hall–Kier alpha value is -2.95. The van der Waals surface area contributed by atoms with Gasteiger partial charge in [-0.15, -0.1) is 0 Å². The van der Waals surface area contributed by atoms with Crippen LogP contribution >= 0.6 is 0 Å². The van der Waals surface area contributed by atoms with E-state index in [1.54, 1.807) is 6.07 Å². The second-order valence-electron chi connectivity index (χ2n) is 8.40. The zero-order chi connectivity index (χ0) is 22.4. The molecule has 3 aromatic carbocycles. The second kappa shape index (κ2) is 10.4. The average molecular weight is 418 g/mol. The van der Waals surface area contributed by atoms with E-state index in [2.05, 4.69) is 36.5 Å². The topological polar surface area (TPSA) is 69.6 Å². The maximum Gasteiger partial charge on any atom is 0.335 e. The lowest BCUT2D eigenvalue weighted by atomic mass is 9.92. The van der Waals surface area contributed by atoms with Crippen LogP contribution in [0.1, 0.15) is 59.8 Å². The number of hydrogen-bond acceptors (Lipinski definition) is 3. The Labute approximate surface area is 184 Å². The lowest BCUT2D eigenvalue weighted by Gasteiger charge is -2.18. The molecule has 0 radical (unpaired) electrons. The van der Waals surface area contributed by atoms with Crippen LogP contribution in [0.3, 0.4) is 0 Å². The molecule has 0 bridgehead atoms. The SMILES string of the molecule is CC(C)c1cc(-c2ccc(C[C@@H](C)NC[C@H](O)c3ccccc3)cc2)ccc1C(=O)O. The maximum atomic E-state index is 11.5. The first-order valence-corrected chi connectivity index (χ1v) is 10.8. The van der Waals surface area contributed by atoms with Crippen LogP contribution in [-0.4, -0.2) is 28.8 Å². The third-order valence-corrected chi connectivity index (χ3v) is 5.58. The van der Waals surface area contributed by atoms with Crippen molar-refractivity contribution in [3.05, 3.63) is 95.1 Å². The summed E-state index contributed by atoms with van der Waals surface area (Å²) < 4.78 is 0. The number of carbonyl (C=O) groups is 1. The summed E-state index contributed by atoms with van der Waals surface area (Å²) in [6, 6.07) is 23.9. The Kier molecular flexibility index (Phi) is 7.61. The number of hydrogen-bond donors (Lipinski definition) is 3. The fourth-order valence-corrected chi connectivity index (χ4v) is 3.78. The Morgan fingerprint density at radius 3 is 2.16 bits per heavy atom. The Morgan fingerprint density at radius 1 is 0.903 bits per heavy atom. The molecule has 0 heterocycles. The van der Waals surface area contributed by atoms with Gasteiger partial charge in [-0.05, 0) is 53.1 Å².